The number of nitrogens with one attached hydrogen (secondary N) is 1. The van der Waals surface area contributed by atoms with Crippen molar-refractivity contribution in [2.24, 2.45) is 11.8 Å². The Kier molecular flexibility index (Phi) is 7.75. The Morgan fingerprint density at radius 1 is 1.12 bits per heavy atom. The summed E-state index contributed by atoms with van der Waals surface area (Å²) >= 11 is 1.44. The zero-order valence-corrected chi connectivity index (χ0v) is 24.0. The molecule has 2 atom stereocenters. The molecule has 6 rings (SSSR count). The van der Waals surface area contributed by atoms with Gasteiger partial charge in [0.05, 0.1) is 23.9 Å². The number of benzene rings is 1. The van der Waals surface area contributed by atoms with Gasteiger partial charge in [0.25, 0.3) is 0 Å². The second kappa shape index (κ2) is 11.6. The predicted molar refractivity (Wildman–Crippen MR) is 158 cm³/mol. The third-order valence-electron chi connectivity index (χ3n) is 8.47. The van der Waals surface area contributed by atoms with Crippen LogP contribution in [0.4, 0.5) is 9.93 Å². The smallest absolute Gasteiger partial charge is 0.317 e. The fraction of sp³-hybridized carbons (Fsp3) is 0.452. The first-order chi connectivity index (χ1) is 19.9. The average molecular weight is 574 g/mol. The highest BCUT2D eigenvalue weighted by Crippen LogP contribution is 2.40. The molecular formula is C31H35N5O4S. The molecule has 214 valence electrons. The molecule has 41 heavy (non-hydrogen) atoms. The third kappa shape index (κ3) is 5.98. The first kappa shape index (κ1) is 27.4. The first-order valence-corrected chi connectivity index (χ1v) is 15.3. The normalized spacial score (nSPS) is 19.8. The van der Waals surface area contributed by atoms with Crippen molar-refractivity contribution in [1.82, 2.24) is 20.2 Å². The lowest BCUT2D eigenvalue weighted by molar-refractivity contribution is -0.141. The quantitative estimate of drug-likeness (QED) is 0.320. The number of hydrogen-bond acceptors (Lipinski definition) is 6. The first-order valence-electron chi connectivity index (χ1n) is 14.4. The van der Waals surface area contributed by atoms with Crippen LogP contribution >= 0.6 is 11.3 Å². The van der Waals surface area contributed by atoms with Gasteiger partial charge >= 0.3 is 12.0 Å². The Labute approximate surface area is 243 Å². The number of carboxylic acid groups (broad SMARTS) is 1. The summed E-state index contributed by atoms with van der Waals surface area (Å²) in [6.45, 7) is 0.577. The van der Waals surface area contributed by atoms with Crippen molar-refractivity contribution in [1.29, 1.82) is 0 Å². The van der Waals surface area contributed by atoms with Gasteiger partial charge in [0, 0.05) is 48.3 Å². The number of thiazole rings is 1. The van der Waals surface area contributed by atoms with Gasteiger partial charge in [-0.05, 0) is 36.8 Å². The molecule has 0 spiro atoms. The standard InChI is InChI=1S/C31H35N5O4S/c1-35-17-26(33-30(35)40)25-13-10-20(16-32-25)23-8-4-5-9-24(23)27-18-41-31(34-27)36(22-11-12-22)29(39)21(15-28(37)38)14-19-6-2-3-7-19/h4-5,8-10,13,16,18-19,21-22,26H,2-3,6-7,11-12,14-15,17H2,1H3,(H,33,40)(H,37,38)/t21-,26?/m1/s1. The van der Waals surface area contributed by atoms with Crippen molar-refractivity contribution in [3.05, 3.63) is 53.7 Å². The third-order valence-corrected chi connectivity index (χ3v) is 9.31. The van der Waals surface area contributed by atoms with Gasteiger partial charge in [0.1, 0.15) is 0 Å². The number of carboxylic acids is 1. The molecule has 3 amide bonds. The van der Waals surface area contributed by atoms with E-state index in [4.69, 9.17) is 4.98 Å². The van der Waals surface area contributed by atoms with E-state index in [9.17, 15) is 19.5 Å². The number of carbonyl (C=O) groups is 3. The molecule has 1 saturated heterocycles. The van der Waals surface area contributed by atoms with Gasteiger partial charge in [-0.25, -0.2) is 9.78 Å². The molecule has 1 unspecified atom stereocenters. The lowest BCUT2D eigenvalue weighted by Crippen LogP contribution is -2.39. The summed E-state index contributed by atoms with van der Waals surface area (Å²) in [5, 5.41) is 15.2. The van der Waals surface area contributed by atoms with E-state index in [0.29, 0.717) is 24.0 Å². The lowest BCUT2D eigenvalue weighted by atomic mass is 9.90. The van der Waals surface area contributed by atoms with Crippen molar-refractivity contribution in [2.75, 3.05) is 18.5 Å². The van der Waals surface area contributed by atoms with Crippen LogP contribution in [-0.4, -0.2) is 57.5 Å². The van der Waals surface area contributed by atoms with Crippen LogP contribution in [0.1, 0.15) is 63.1 Å². The summed E-state index contributed by atoms with van der Waals surface area (Å²) in [4.78, 5) is 50.5. The van der Waals surface area contributed by atoms with Gasteiger partial charge in [-0.3, -0.25) is 19.5 Å². The molecule has 10 heteroatoms. The highest BCUT2D eigenvalue weighted by Gasteiger charge is 2.40. The predicted octanol–water partition coefficient (Wildman–Crippen LogP) is 5.73. The number of hydrogen-bond donors (Lipinski definition) is 2. The minimum Gasteiger partial charge on any atom is -0.481 e. The number of aliphatic carboxylic acids is 1. The van der Waals surface area contributed by atoms with Crippen LogP contribution < -0.4 is 10.2 Å². The minimum atomic E-state index is -0.923. The maximum absolute atomic E-state index is 13.9. The van der Waals surface area contributed by atoms with Crippen molar-refractivity contribution in [2.45, 2.75) is 63.5 Å². The van der Waals surface area contributed by atoms with Crippen LogP contribution in [0.15, 0.2) is 48.0 Å². The Balaban J connectivity index is 1.25. The second-order valence-corrected chi connectivity index (χ2v) is 12.4. The molecule has 2 aliphatic carbocycles. The van der Waals surface area contributed by atoms with Gasteiger partial charge in [0.15, 0.2) is 5.13 Å². The Morgan fingerprint density at radius 3 is 2.51 bits per heavy atom. The van der Waals surface area contributed by atoms with E-state index < -0.39 is 11.9 Å². The van der Waals surface area contributed by atoms with Crippen LogP contribution in [0, 0.1) is 11.8 Å². The average Bonchev–Trinajstić information content (AvgIpc) is 3.30. The van der Waals surface area contributed by atoms with E-state index in [-0.39, 0.29) is 30.4 Å². The van der Waals surface area contributed by atoms with Gasteiger partial charge in [-0.15, -0.1) is 11.3 Å². The summed E-state index contributed by atoms with van der Waals surface area (Å²) in [5.41, 5.74) is 4.44. The van der Waals surface area contributed by atoms with Crippen molar-refractivity contribution >= 4 is 34.4 Å². The molecule has 1 aromatic carbocycles. The highest BCUT2D eigenvalue weighted by atomic mass is 32.1. The molecule has 3 aliphatic rings. The van der Waals surface area contributed by atoms with E-state index in [1.165, 1.54) is 11.3 Å². The number of nitrogens with zero attached hydrogens (tertiary/aromatic N) is 4. The molecule has 2 N–H and O–H groups in total. The van der Waals surface area contributed by atoms with Crippen molar-refractivity contribution in [3.8, 4) is 22.4 Å². The summed E-state index contributed by atoms with van der Waals surface area (Å²) in [6.07, 6.45) is 8.62. The van der Waals surface area contributed by atoms with Gasteiger partial charge in [-0.2, -0.15) is 0 Å². The monoisotopic (exact) mass is 573 g/mol. The van der Waals surface area contributed by atoms with Crippen LogP contribution in [0.25, 0.3) is 22.4 Å². The molecule has 3 aromatic rings. The SMILES string of the molecule is CN1CC(c2ccc(-c3ccccc3-c3csc(N(C(=O)[C@@H](CC(=O)O)CC4CCCC4)C4CC4)n3)cn2)NC1=O. The van der Waals surface area contributed by atoms with E-state index in [1.54, 1.807) is 16.8 Å². The lowest BCUT2D eigenvalue weighted by Gasteiger charge is -2.26. The molecule has 0 bridgehead atoms. The molecule has 2 aromatic heterocycles. The van der Waals surface area contributed by atoms with E-state index >= 15 is 0 Å². The van der Waals surface area contributed by atoms with E-state index in [0.717, 1.165) is 66.6 Å². The number of amides is 3. The number of likely N-dealkylation sites (N-methyl/N-ethyl adjacent to an activating group) is 1. The van der Waals surface area contributed by atoms with E-state index in [2.05, 4.69) is 10.3 Å². The Hall–Kier alpha value is -3.79. The largest absolute Gasteiger partial charge is 0.481 e. The summed E-state index contributed by atoms with van der Waals surface area (Å²) in [6, 6.07) is 11.8. The van der Waals surface area contributed by atoms with Crippen molar-refractivity contribution in [3.63, 3.8) is 0 Å². The topological polar surface area (TPSA) is 116 Å². The number of anilines is 1. The minimum absolute atomic E-state index is 0.0866. The van der Waals surface area contributed by atoms with Crippen LogP contribution in [0.3, 0.4) is 0 Å². The number of rotatable bonds is 10. The van der Waals surface area contributed by atoms with Crippen molar-refractivity contribution < 1.29 is 19.5 Å². The maximum atomic E-state index is 13.9. The molecule has 3 fully saturated rings. The number of urea groups is 1. The molecular weight excluding hydrogens is 538 g/mol. The summed E-state index contributed by atoms with van der Waals surface area (Å²) in [5.74, 6) is -1.12. The molecule has 2 saturated carbocycles. The summed E-state index contributed by atoms with van der Waals surface area (Å²) in [7, 11) is 1.77. The number of pyridine rings is 1. The zero-order valence-electron chi connectivity index (χ0n) is 23.2. The van der Waals surface area contributed by atoms with Gasteiger partial charge in [0.2, 0.25) is 5.91 Å². The molecule has 1 aliphatic heterocycles. The molecule has 9 nitrogen and oxygen atoms in total. The maximum Gasteiger partial charge on any atom is 0.317 e. The Bertz CT molecular complexity index is 1430. The molecule has 3 heterocycles. The van der Waals surface area contributed by atoms with E-state index in [1.807, 2.05) is 48.0 Å². The van der Waals surface area contributed by atoms with Crippen LogP contribution in [0.2, 0.25) is 0 Å². The summed E-state index contributed by atoms with van der Waals surface area (Å²) < 4.78 is 0. The number of aromatic nitrogens is 2. The highest BCUT2D eigenvalue weighted by molar-refractivity contribution is 7.14. The van der Waals surface area contributed by atoms with Gasteiger partial charge < -0.3 is 15.3 Å². The fourth-order valence-electron chi connectivity index (χ4n) is 6.15. The fourth-order valence-corrected chi connectivity index (χ4v) is 7.05. The van der Waals surface area contributed by atoms with Crippen LogP contribution in [0.5, 0.6) is 0 Å². The molecule has 0 radical (unpaired) electrons. The Morgan fingerprint density at radius 2 is 1.88 bits per heavy atom. The zero-order chi connectivity index (χ0) is 28.5. The van der Waals surface area contributed by atoms with Gasteiger partial charge in [-0.1, -0.05) is 56.0 Å². The number of carbonyl (C=O) groups excluding carboxylic acids is 2. The second-order valence-electron chi connectivity index (χ2n) is 11.5. The van der Waals surface area contributed by atoms with Crippen LogP contribution in [-0.2, 0) is 9.59 Å².